The van der Waals surface area contributed by atoms with Crippen molar-refractivity contribution in [1.82, 2.24) is 14.5 Å². The van der Waals surface area contributed by atoms with Crippen molar-refractivity contribution in [2.75, 3.05) is 0 Å². The molecular weight excluding hydrogens is 671 g/mol. The molecule has 4 nitrogen and oxygen atoms in total. The number of nitrogens with zero attached hydrogens (tertiary/aromatic N) is 3. The summed E-state index contributed by atoms with van der Waals surface area (Å²) in [6.07, 6.45) is 0. The number of fused-ring (bicyclic) bond motifs is 13. The first-order valence-electron chi connectivity index (χ1n) is 18.7. The highest BCUT2D eigenvalue weighted by Gasteiger charge is 2.51. The summed E-state index contributed by atoms with van der Waals surface area (Å²) >= 11 is 0. The molecule has 0 fully saturated rings. The Kier molecular flexibility index (Phi) is 6.23. The largest absolute Gasteiger partial charge is 0.457 e. The molecule has 0 bridgehead atoms. The quantitative estimate of drug-likeness (QED) is 0.184. The molecule has 2 aliphatic rings. The van der Waals surface area contributed by atoms with E-state index in [1.54, 1.807) is 0 Å². The maximum Gasteiger partial charge on any atom is 0.160 e. The van der Waals surface area contributed by atoms with Crippen molar-refractivity contribution in [2.24, 2.45) is 0 Å². The van der Waals surface area contributed by atoms with E-state index in [1.165, 1.54) is 33.0 Å². The molecule has 1 aliphatic carbocycles. The summed E-state index contributed by atoms with van der Waals surface area (Å²) in [5, 5.41) is 3.47. The summed E-state index contributed by atoms with van der Waals surface area (Å²) in [4.78, 5) is 10.3. The second-order valence-corrected chi connectivity index (χ2v) is 14.5. The van der Waals surface area contributed by atoms with Crippen molar-refractivity contribution in [3.63, 3.8) is 0 Å². The Hall–Kier alpha value is -7.30. The van der Waals surface area contributed by atoms with E-state index >= 15 is 0 Å². The molecule has 12 rings (SSSR count). The van der Waals surface area contributed by atoms with Gasteiger partial charge in [-0.3, -0.25) is 0 Å². The highest BCUT2D eigenvalue weighted by Crippen LogP contribution is 2.62. The monoisotopic (exact) mass is 701 g/mol. The Bertz CT molecular complexity index is 3150. The molecule has 0 amide bonds. The Morgan fingerprint density at radius 1 is 0.418 bits per heavy atom. The molecule has 2 aromatic heterocycles. The topological polar surface area (TPSA) is 39.9 Å². The minimum absolute atomic E-state index is 0.554. The van der Waals surface area contributed by atoms with E-state index in [0.29, 0.717) is 5.82 Å². The van der Waals surface area contributed by atoms with Crippen LogP contribution in [0.4, 0.5) is 0 Å². The molecule has 256 valence electrons. The van der Waals surface area contributed by atoms with Crippen molar-refractivity contribution in [1.29, 1.82) is 0 Å². The summed E-state index contributed by atoms with van der Waals surface area (Å²) in [6.45, 7) is 0. The fraction of sp³-hybridized carbons (Fsp3) is 0.0196. The van der Waals surface area contributed by atoms with E-state index in [-0.39, 0.29) is 0 Å². The first kappa shape index (κ1) is 30.2. The predicted molar refractivity (Wildman–Crippen MR) is 222 cm³/mol. The molecule has 8 aromatic carbocycles. The fourth-order valence-electron chi connectivity index (χ4n) is 9.40. The zero-order valence-corrected chi connectivity index (χ0v) is 29.6. The molecule has 0 atom stereocenters. The zero-order chi connectivity index (χ0) is 36.1. The fourth-order valence-corrected chi connectivity index (χ4v) is 9.40. The molecular formula is C51H31N3O. The van der Waals surface area contributed by atoms with Crippen molar-refractivity contribution in [2.45, 2.75) is 5.41 Å². The van der Waals surface area contributed by atoms with Gasteiger partial charge in [-0.25, -0.2) is 9.97 Å². The summed E-state index contributed by atoms with van der Waals surface area (Å²) in [7, 11) is 0. The Labute approximate surface area is 317 Å². The molecule has 0 radical (unpaired) electrons. The van der Waals surface area contributed by atoms with E-state index in [4.69, 9.17) is 14.7 Å². The van der Waals surface area contributed by atoms with Crippen LogP contribution in [-0.2, 0) is 5.41 Å². The number of ether oxygens (including phenoxy) is 1. The van der Waals surface area contributed by atoms with Crippen molar-refractivity contribution < 1.29 is 4.74 Å². The second kappa shape index (κ2) is 11.3. The smallest absolute Gasteiger partial charge is 0.160 e. The van der Waals surface area contributed by atoms with Crippen LogP contribution < -0.4 is 4.74 Å². The van der Waals surface area contributed by atoms with E-state index in [2.05, 4.69) is 180 Å². The van der Waals surface area contributed by atoms with Crippen LogP contribution in [0.3, 0.4) is 0 Å². The standard InChI is InChI=1S/C51H31N3O/c1-2-15-32(16-3-1)49-37-21-5-10-25-44(37)52-50(53-49)33-17-14-18-34(29-33)54-45-26-11-6-20-36(45)39-30-38-35-19-4-7-22-40(35)51(43(38)31-46(39)54)41-23-8-12-27-47(41)55-48-28-13-9-24-42(48)51/h1-31H. The Morgan fingerprint density at radius 2 is 1.07 bits per heavy atom. The molecule has 55 heavy (non-hydrogen) atoms. The predicted octanol–water partition coefficient (Wildman–Crippen LogP) is 12.5. The minimum Gasteiger partial charge on any atom is -0.457 e. The summed E-state index contributed by atoms with van der Waals surface area (Å²) < 4.78 is 9.04. The first-order valence-corrected chi connectivity index (χ1v) is 18.7. The van der Waals surface area contributed by atoms with E-state index in [9.17, 15) is 0 Å². The maximum atomic E-state index is 6.62. The number of hydrogen-bond donors (Lipinski definition) is 0. The van der Waals surface area contributed by atoms with Gasteiger partial charge in [-0.1, -0.05) is 140 Å². The van der Waals surface area contributed by atoms with Gasteiger partial charge in [0.25, 0.3) is 0 Å². The Morgan fingerprint density at radius 3 is 1.89 bits per heavy atom. The molecule has 0 unspecified atom stereocenters. The number of para-hydroxylation sites is 4. The second-order valence-electron chi connectivity index (χ2n) is 14.5. The molecule has 1 aliphatic heterocycles. The summed E-state index contributed by atoms with van der Waals surface area (Å²) in [6, 6.07) is 67.0. The van der Waals surface area contributed by atoms with E-state index in [1.807, 2.05) is 12.1 Å². The molecule has 3 heterocycles. The third-order valence-corrected chi connectivity index (χ3v) is 11.7. The van der Waals surface area contributed by atoms with E-state index in [0.717, 1.165) is 67.1 Å². The SMILES string of the molecule is c1ccc(-c2nc(-c3cccc(-n4c5ccccc5c5cc6c(cc54)C4(c5ccccc5Oc5ccccc54)c4ccccc4-6)c3)nc3ccccc23)cc1. The first-order chi connectivity index (χ1) is 27.3. The van der Waals surface area contributed by atoms with Gasteiger partial charge >= 0.3 is 0 Å². The number of rotatable bonds is 3. The van der Waals surface area contributed by atoms with Crippen LogP contribution >= 0.6 is 0 Å². The van der Waals surface area contributed by atoms with Crippen LogP contribution in [0.15, 0.2) is 188 Å². The number of hydrogen-bond acceptors (Lipinski definition) is 3. The van der Waals surface area contributed by atoms with Crippen molar-refractivity contribution in [3.05, 3.63) is 210 Å². The number of aromatic nitrogens is 3. The van der Waals surface area contributed by atoms with Gasteiger partial charge in [0.15, 0.2) is 5.82 Å². The van der Waals surface area contributed by atoms with Crippen LogP contribution in [0.1, 0.15) is 22.3 Å². The third-order valence-electron chi connectivity index (χ3n) is 11.7. The lowest BCUT2D eigenvalue weighted by molar-refractivity contribution is 0.436. The third kappa shape index (κ3) is 4.16. The lowest BCUT2D eigenvalue weighted by atomic mass is 9.66. The van der Waals surface area contributed by atoms with Gasteiger partial charge in [0.05, 0.1) is 27.7 Å². The van der Waals surface area contributed by atoms with Gasteiger partial charge in [-0.05, 0) is 70.8 Å². The summed E-state index contributed by atoms with van der Waals surface area (Å²) in [5.74, 6) is 2.48. The molecule has 1 spiro atoms. The van der Waals surface area contributed by atoms with Gasteiger partial charge < -0.3 is 9.30 Å². The van der Waals surface area contributed by atoms with E-state index < -0.39 is 5.41 Å². The van der Waals surface area contributed by atoms with Crippen LogP contribution in [0.25, 0.3) is 72.2 Å². The summed E-state index contributed by atoms with van der Waals surface area (Å²) in [5.41, 5.74) is 14.1. The average molecular weight is 702 g/mol. The molecule has 0 saturated carbocycles. The van der Waals surface area contributed by atoms with Crippen LogP contribution in [0.2, 0.25) is 0 Å². The normalized spacial score (nSPS) is 13.4. The highest BCUT2D eigenvalue weighted by molar-refractivity contribution is 6.12. The van der Waals surface area contributed by atoms with Gasteiger partial charge in [0, 0.05) is 44.1 Å². The Balaban J connectivity index is 1.14. The average Bonchev–Trinajstić information content (AvgIpc) is 3.73. The van der Waals surface area contributed by atoms with Crippen molar-refractivity contribution >= 4 is 32.7 Å². The van der Waals surface area contributed by atoms with Gasteiger partial charge in [-0.15, -0.1) is 0 Å². The van der Waals surface area contributed by atoms with Gasteiger partial charge in [-0.2, -0.15) is 0 Å². The minimum atomic E-state index is -0.554. The number of benzene rings is 8. The molecule has 4 heteroatoms. The lowest BCUT2D eigenvalue weighted by Crippen LogP contribution is -2.32. The van der Waals surface area contributed by atoms with Crippen molar-refractivity contribution in [3.8, 4) is 51.0 Å². The zero-order valence-electron chi connectivity index (χ0n) is 29.6. The maximum absolute atomic E-state index is 6.62. The molecule has 0 saturated heterocycles. The van der Waals surface area contributed by atoms with Crippen LogP contribution in [-0.4, -0.2) is 14.5 Å². The van der Waals surface area contributed by atoms with Crippen LogP contribution in [0, 0.1) is 0 Å². The molecule has 10 aromatic rings. The highest BCUT2D eigenvalue weighted by atomic mass is 16.5. The van der Waals surface area contributed by atoms with Crippen LogP contribution in [0.5, 0.6) is 11.5 Å². The lowest BCUT2D eigenvalue weighted by Gasteiger charge is -2.39. The van der Waals surface area contributed by atoms with Gasteiger partial charge in [0.2, 0.25) is 0 Å². The van der Waals surface area contributed by atoms with Gasteiger partial charge in [0.1, 0.15) is 11.5 Å². The molecule has 0 N–H and O–H groups in total.